The van der Waals surface area contributed by atoms with Crippen molar-refractivity contribution in [3.63, 3.8) is 0 Å². The first-order chi connectivity index (χ1) is 7.83. The molecule has 0 saturated heterocycles. The number of nitrogens with two attached hydrogens (primary N) is 1. The number of aldehydes is 1. The lowest BCUT2D eigenvalue weighted by Gasteiger charge is -2.01. The van der Waals surface area contributed by atoms with Gasteiger partial charge in [0.2, 0.25) is 0 Å². The maximum atomic E-state index is 9.06. The topological polar surface area (TPSA) is 80.9 Å². The van der Waals surface area contributed by atoms with E-state index in [2.05, 4.69) is 22.2 Å². The minimum atomic E-state index is 0.605. The molecule has 0 bridgehead atoms. The van der Waals surface area contributed by atoms with Gasteiger partial charge in [-0.3, -0.25) is 4.79 Å². The van der Waals surface area contributed by atoms with Gasteiger partial charge in [-0.2, -0.15) is 5.10 Å². The Morgan fingerprint density at radius 2 is 2.06 bits per heavy atom. The molecule has 1 aromatic carbocycles. The molecule has 0 aliphatic carbocycles. The number of hydrogen-bond acceptors (Lipinski definition) is 5. The van der Waals surface area contributed by atoms with Crippen LogP contribution in [0.15, 0.2) is 43.1 Å². The van der Waals surface area contributed by atoms with E-state index in [9.17, 15) is 0 Å². The SMILES string of the molecule is C=CC=O.NNc1nncc2ccccc12. The molecular weight excluding hydrogens is 204 g/mol. The second-order valence-corrected chi connectivity index (χ2v) is 2.80. The van der Waals surface area contributed by atoms with Gasteiger partial charge in [-0.1, -0.05) is 30.8 Å². The lowest BCUT2D eigenvalue weighted by Crippen LogP contribution is -2.09. The van der Waals surface area contributed by atoms with Crippen LogP contribution in [0.3, 0.4) is 0 Å². The fraction of sp³-hybridized carbons (Fsp3) is 0. The van der Waals surface area contributed by atoms with Crippen molar-refractivity contribution in [2.75, 3.05) is 5.43 Å². The molecule has 2 aromatic rings. The predicted molar refractivity (Wildman–Crippen MR) is 63.6 cm³/mol. The van der Waals surface area contributed by atoms with E-state index in [1.807, 2.05) is 24.3 Å². The lowest BCUT2D eigenvalue weighted by atomic mass is 10.2. The number of nitrogen functional groups attached to an aromatic ring is 1. The van der Waals surface area contributed by atoms with Gasteiger partial charge in [-0.15, -0.1) is 5.10 Å². The fourth-order valence-electron chi connectivity index (χ4n) is 1.13. The van der Waals surface area contributed by atoms with Crippen molar-refractivity contribution in [2.24, 2.45) is 5.84 Å². The number of anilines is 1. The number of rotatable bonds is 2. The first-order valence-corrected chi connectivity index (χ1v) is 4.56. The molecule has 0 atom stereocenters. The molecule has 16 heavy (non-hydrogen) atoms. The Balaban J connectivity index is 0.000000280. The summed E-state index contributed by atoms with van der Waals surface area (Å²) in [6, 6.07) is 7.79. The second kappa shape index (κ2) is 6.26. The Morgan fingerprint density at radius 1 is 1.38 bits per heavy atom. The summed E-state index contributed by atoms with van der Waals surface area (Å²) in [5.41, 5.74) is 2.50. The molecular formula is C11H12N4O. The van der Waals surface area contributed by atoms with Gasteiger partial charge >= 0.3 is 0 Å². The van der Waals surface area contributed by atoms with E-state index in [1.165, 1.54) is 6.08 Å². The molecule has 3 N–H and O–H groups in total. The number of hydrazine groups is 1. The fourth-order valence-corrected chi connectivity index (χ4v) is 1.13. The maximum absolute atomic E-state index is 9.06. The van der Waals surface area contributed by atoms with Crippen molar-refractivity contribution < 1.29 is 4.79 Å². The van der Waals surface area contributed by atoms with Gasteiger partial charge in [0.1, 0.15) is 6.29 Å². The van der Waals surface area contributed by atoms with Crippen molar-refractivity contribution in [2.45, 2.75) is 0 Å². The van der Waals surface area contributed by atoms with Crippen molar-refractivity contribution in [1.82, 2.24) is 10.2 Å². The molecule has 0 radical (unpaired) electrons. The van der Waals surface area contributed by atoms with Crippen LogP contribution >= 0.6 is 0 Å². The van der Waals surface area contributed by atoms with Gasteiger partial charge in [0.15, 0.2) is 5.82 Å². The Morgan fingerprint density at radius 3 is 2.69 bits per heavy atom. The Hall–Kier alpha value is -2.27. The minimum absolute atomic E-state index is 0.605. The van der Waals surface area contributed by atoms with Crippen LogP contribution in [0.2, 0.25) is 0 Å². The van der Waals surface area contributed by atoms with Crippen molar-refractivity contribution in [1.29, 1.82) is 0 Å². The monoisotopic (exact) mass is 216 g/mol. The van der Waals surface area contributed by atoms with Crippen LogP contribution in [0, 0.1) is 0 Å². The number of nitrogens with zero attached hydrogens (tertiary/aromatic N) is 2. The maximum Gasteiger partial charge on any atom is 0.170 e. The smallest absolute Gasteiger partial charge is 0.170 e. The molecule has 2 rings (SSSR count). The number of aromatic nitrogens is 2. The Kier molecular flexibility index (Phi) is 4.62. The molecule has 0 aliphatic rings. The van der Waals surface area contributed by atoms with Gasteiger partial charge < -0.3 is 5.43 Å². The largest absolute Gasteiger partial charge is 0.306 e. The molecule has 0 spiro atoms. The van der Waals surface area contributed by atoms with Crippen LogP contribution in [0.4, 0.5) is 5.82 Å². The van der Waals surface area contributed by atoms with Gasteiger partial charge in [0.05, 0.1) is 6.20 Å². The highest BCUT2D eigenvalue weighted by Crippen LogP contribution is 2.17. The van der Waals surface area contributed by atoms with Crippen LogP contribution in [-0.4, -0.2) is 16.5 Å². The summed E-state index contributed by atoms with van der Waals surface area (Å²) < 4.78 is 0. The summed E-state index contributed by atoms with van der Waals surface area (Å²) >= 11 is 0. The van der Waals surface area contributed by atoms with Gasteiger partial charge in [0.25, 0.3) is 0 Å². The average Bonchev–Trinajstić information content (AvgIpc) is 2.38. The quantitative estimate of drug-likeness (QED) is 0.342. The van der Waals surface area contributed by atoms with Crippen molar-refractivity contribution in [3.8, 4) is 0 Å². The number of nitrogens with one attached hydrogen (secondary N) is 1. The summed E-state index contributed by atoms with van der Waals surface area (Å²) in [5.74, 6) is 5.87. The molecule has 1 heterocycles. The number of carbonyl (C=O) groups excluding carboxylic acids is 1. The standard InChI is InChI=1S/C8H8N4.C3H4O/c9-11-8-7-4-2-1-3-6(7)5-10-12-8;1-2-3-4/h1-5H,9H2,(H,11,12);2-3H,1H2. The summed E-state index contributed by atoms with van der Waals surface area (Å²) in [4.78, 5) is 9.06. The summed E-state index contributed by atoms with van der Waals surface area (Å²) in [5, 5.41) is 9.64. The van der Waals surface area contributed by atoms with Gasteiger partial charge in [0, 0.05) is 10.8 Å². The van der Waals surface area contributed by atoms with E-state index in [4.69, 9.17) is 10.6 Å². The highest BCUT2D eigenvalue weighted by atomic mass is 16.1. The van der Waals surface area contributed by atoms with Crippen LogP contribution in [0.1, 0.15) is 0 Å². The molecule has 0 amide bonds. The molecule has 5 heteroatoms. The Labute approximate surface area is 93.0 Å². The van der Waals surface area contributed by atoms with Crippen LogP contribution < -0.4 is 11.3 Å². The highest BCUT2D eigenvalue weighted by molar-refractivity contribution is 5.90. The highest BCUT2D eigenvalue weighted by Gasteiger charge is 1.98. The summed E-state index contributed by atoms with van der Waals surface area (Å²) in [6.45, 7) is 3.11. The molecule has 5 nitrogen and oxygen atoms in total. The number of fused-ring (bicyclic) bond motifs is 1. The molecule has 0 fully saturated rings. The number of carbonyl (C=O) groups is 1. The van der Waals surface area contributed by atoms with Crippen molar-refractivity contribution >= 4 is 22.9 Å². The third-order valence-electron chi connectivity index (χ3n) is 1.80. The van der Waals surface area contributed by atoms with E-state index >= 15 is 0 Å². The van der Waals surface area contributed by atoms with E-state index in [-0.39, 0.29) is 0 Å². The third kappa shape index (κ3) is 2.86. The number of allylic oxidation sites excluding steroid dienone is 1. The molecule has 0 aliphatic heterocycles. The number of hydrogen-bond donors (Lipinski definition) is 2. The second-order valence-electron chi connectivity index (χ2n) is 2.80. The molecule has 0 unspecified atom stereocenters. The zero-order chi connectivity index (χ0) is 11.8. The first-order valence-electron chi connectivity index (χ1n) is 4.56. The Bertz CT molecular complexity index is 473. The van der Waals surface area contributed by atoms with E-state index < -0.39 is 0 Å². The van der Waals surface area contributed by atoms with E-state index in [1.54, 1.807) is 6.20 Å². The molecule has 1 aromatic heterocycles. The third-order valence-corrected chi connectivity index (χ3v) is 1.80. The van der Waals surface area contributed by atoms with Crippen molar-refractivity contribution in [3.05, 3.63) is 43.1 Å². The van der Waals surface area contributed by atoms with Gasteiger partial charge in [-0.05, 0) is 6.08 Å². The molecule has 0 saturated carbocycles. The summed E-state index contributed by atoms with van der Waals surface area (Å²) in [7, 11) is 0. The predicted octanol–water partition coefficient (Wildman–Crippen LogP) is 1.29. The first kappa shape index (κ1) is 11.8. The van der Waals surface area contributed by atoms with Crippen LogP contribution in [-0.2, 0) is 4.79 Å². The van der Waals surface area contributed by atoms with E-state index in [0.717, 1.165) is 10.8 Å². The van der Waals surface area contributed by atoms with Crippen LogP contribution in [0.25, 0.3) is 10.8 Å². The minimum Gasteiger partial charge on any atom is -0.306 e. The molecule has 82 valence electrons. The number of benzene rings is 1. The average molecular weight is 216 g/mol. The normalized spacial score (nSPS) is 8.81. The lowest BCUT2D eigenvalue weighted by molar-refractivity contribution is -0.104. The van der Waals surface area contributed by atoms with E-state index in [0.29, 0.717) is 12.1 Å². The zero-order valence-corrected chi connectivity index (χ0v) is 8.63. The van der Waals surface area contributed by atoms with Gasteiger partial charge in [-0.25, -0.2) is 5.84 Å². The summed E-state index contributed by atoms with van der Waals surface area (Å²) in [6.07, 6.45) is 3.54. The van der Waals surface area contributed by atoms with Crippen LogP contribution in [0.5, 0.6) is 0 Å². The zero-order valence-electron chi connectivity index (χ0n) is 8.63.